The van der Waals surface area contributed by atoms with Crippen molar-refractivity contribution in [1.82, 2.24) is 0 Å². The van der Waals surface area contributed by atoms with E-state index in [1.165, 1.54) is 5.57 Å². The first-order valence-electron chi connectivity index (χ1n) is 2.59. The molecule has 0 bridgehead atoms. The van der Waals surface area contributed by atoms with E-state index >= 15 is 0 Å². The summed E-state index contributed by atoms with van der Waals surface area (Å²) in [5, 5.41) is 0. The van der Waals surface area contributed by atoms with Crippen LogP contribution in [0.15, 0.2) is 11.1 Å². The van der Waals surface area contributed by atoms with Gasteiger partial charge in [0, 0.05) is 0 Å². The van der Waals surface area contributed by atoms with Gasteiger partial charge in [0.1, 0.15) is 5.50 Å². The largest absolute Gasteiger partial charge is 0.312 e. The Bertz CT molecular complexity index is 101. The van der Waals surface area contributed by atoms with Gasteiger partial charge < -0.3 is 5.73 Å². The highest BCUT2D eigenvalue weighted by Gasteiger charge is 1.98. The highest BCUT2D eigenvalue weighted by Crippen LogP contribution is 2.07. The molecule has 1 nitrogen and oxygen atoms in total. The molecule has 0 fully saturated rings. The molecule has 0 aliphatic carbocycles. The lowest BCUT2D eigenvalue weighted by Crippen LogP contribution is -2.13. The summed E-state index contributed by atoms with van der Waals surface area (Å²) in [5.74, 6) is 0. The molecule has 0 aliphatic heterocycles. The number of hydrogen-bond acceptors (Lipinski definition) is 1. The zero-order chi connectivity index (χ0) is 6.73. The summed E-state index contributed by atoms with van der Waals surface area (Å²) in [7, 11) is 0. The Balaban J connectivity index is 4.00. The molecule has 0 aliphatic rings. The number of alkyl halides is 1. The van der Waals surface area contributed by atoms with Crippen LogP contribution >= 0.6 is 11.6 Å². The first kappa shape index (κ1) is 7.99. The summed E-state index contributed by atoms with van der Waals surface area (Å²) < 4.78 is 0. The van der Waals surface area contributed by atoms with Crippen molar-refractivity contribution in [2.45, 2.75) is 26.3 Å². The predicted molar refractivity (Wildman–Crippen MR) is 37.9 cm³/mol. The Kier molecular flexibility index (Phi) is 3.10. The van der Waals surface area contributed by atoms with Gasteiger partial charge in [-0.3, -0.25) is 0 Å². The average molecular weight is 134 g/mol. The third kappa shape index (κ3) is 2.34. The van der Waals surface area contributed by atoms with Gasteiger partial charge in [-0.15, -0.1) is 11.6 Å². The molecule has 0 aromatic rings. The van der Waals surface area contributed by atoms with Crippen LogP contribution in [0.5, 0.6) is 0 Å². The van der Waals surface area contributed by atoms with Gasteiger partial charge in [-0.2, -0.15) is 0 Å². The van der Waals surface area contributed by atoms with Crippen molar-refractivity contribution in [3.8, 4) is 0 Å². The van der Waals surface area contributed by atoms with E-state index < -0.39 is 0 Å². The molecule has 0 saturated heterocycles. The Morgan fingerprint density at radius 1 is 1.38 bits per heavy atom. The standard InChI is InChI=1S/C6H12ClN/c1-4(2)5(3)6(7)8/h6H,8H2,1-3H3. The summed E-state index contributed by atoms with van der Waals surface area (Å²) in [6, 6.07) is 0. The van der Waals surface area contributed by atoms with Crippen molar-refractivity contribution >= 4 is 11.6 Å². The van der Waals surface area contributed by atoms with E-state index in [-0.39, 0.29) is 5.50 Å². The van der Waals surface area contributed by atoms with Crippen molar-refractivity contribution in [1.29, 1.82) is 0 Å². The maximum atomic E-state index is 5.54. The lowest BCUT2D eigenvalue weighted by molar-refractivity contribution is 1.01. The van der Waals surface area contributed by atoms with Gasteiger partial charge in [-0.1, -0.05) is 5.57 Å². The molecule has 0 spiro atoms. The van der Waals surface area contributed by atoms with Crippen LogP contribution in [-0.2, 0) is 0 Å². The summed E-state index contributed by atoms with van der Waals surface area (Å²) in [6.07, 6.45) is 0. The Hall–Kier alpha value is -0.0100. The molecule has 0 saturated carbocycles. The summed E-state index contributed by atoms with van der Waals surface area (Å²) in [5.41, 5.74) is 7.30. The zero-order valence-electron chi connectivity index (χ0n) is 5.53. The van der Waals surface area contributed by atoms with Gasteiger partial charge >= 0.3 is 0 Å². The van der Waals surface area contributed by atoms with E-state index in [1.807, 2.05) is 20.8 Å². The average Bonchev–Trinajstić information content (AvgIpc) is 1.64. The first-order valence-corrected chi connectivity index (χ1v) is 3.03. The Morgan fingerprint density at radius 3 is 1.75 bits per heavy atom. The molecule has 1 unspecified atom stereocenters. The molecule has 0 radical (unpaired) electrons. The van der Waals surface area contributed by atoms with Gasteiger partial charge in [-0.25, -0.2) is 0 Å². The van der Waals surface area contributed by atoms with Crippen LogP contribution in [0, 0.1) is 0 Å². The van der Waals surface area contributed by atoms with Crippen LogP contribution in [0.1, 0.15) is 20.8 Å². The van der Waals surface area contributed by atoms with E-state index in [1.54, 1.807) is 0 Å². The highest BCUT2D eigenvalue weighted by atomic mass is 35.5. The molecule has 0 aromatic heterocycles. The monoisotopic (exact) mass is 133 g/mol. The van der Waals surface area contributed by atoms with E-state index in [4.69, 9.17) is 17.3 Å². The molecule has 0 aromatic carbocycles. The van der Waals surface area contributed by atoms with Crippen LogP contribution in [-0.4, -0.2) is 5.50 Å². The molecule has 0 rings (SSSR count). The van der Waals surface area contributed by atoms with E-state index in [0.717, 1.165) is 5.57 Å². The summed E-state index contributed by atoms with van der Waals surface area (Å²) >= 11 is 5.54. The zero-order valence-corrected chi connectivity index (χ0v) is 6.29. The first-order chi connectivity index (χ1) is 3.55. The molecular weight excluding hydrogens is 122 g/mol. The molecule has 0 amide bonds. The fourth-order valence-electron chi connectivity index (χ4n) is 0.276. The maximum absolute atomic E-state index is 5.54. The van der Waals surface area contributed by atoms with E-state index in [0.29, 0.717) is 0 Å². The van der Waals surface area contributed by atoms with Gasteiger partial charge in [0.05, 0.1) is 0 Å². The second-order valence-electron chi connectivity index (χ2n) is 2.08. The van der Waals surface area contributed by atoms with Gasteiger partial charge in [0.15, 0.2) is 0 Å². The molecular formula is C6H12ClN. The van der Waals surface area contributed by atoms with Gasteiger partial charge in [0.25, 0.3) is 0 Å². The van der Waals surface area contributed by atoms with Gasteiger partial charge in [-0.05, 0) is 26.3 Å². The van der Waals surface area contributed by atoms with Crippen molar-refractivity contribution < 1.29 is 0 Å². The molecule has 48 valence electrons. The number of halogens is 1. The fraction of sp³-hybridized carbons (Fsp3) is 0.667. The van der Waals surface area contributed by atoms with Crippen molar-refractivity contribution in [2.24, 2.45) is 5.73 Å². The van der Waals surface area contributed by atoms with Crippen molar-refractivity contribution in [2.75, 3.05) is 0 Å². The molecule has 2 N–H and O–H groups in total. The van der Waals surface area contributed by atoms with Crippen LogP contribution < -0.4 is 5.73 Å². The lowest BCUT2D eigenvalue weighted by atomic mass is 10.2. The Morgan fingerprint density at radius 2 is 1.75 bits per heavy atom. The normalized spacial score (nSPS) is 13.1. The van der Waals surface area contributed by atoms with E-state index in [2.05, 4.69) is 0 Å². The van der Waals surface area contributed by atoms with Crippen molar-refractivity contribution in [3.63, 3.8) is 0 Å². The second-order valence-corrected chi connectivity index (χ2v) is 2.55. The van der Waals surface area contributed by atoms with Crippen LogP contribution in [0.3, 0.4) is 0 Å². The summed E-state index contributed by atoms with van der Waals surface area (Å²) in [4.78, 5) is 0. The molecule has 8 heavy (non-hydrogen) atoms. The molecule has 1 atom stereocenters. The smallest absolute Gasteiger partial charge is 0.102 e. The molecule has 0 heterocycles. The molecule has 2 heteroatoms. The number of hydrogen-bond donors (Lipinski definition) is 1. The van der Waals surface area contributed by atoms with E-state index in [9.17, 15) is 0 Å². The quantitative estimate of drug-likeness (QED) is 0.330. The number of rotatable bonds is 1. The van der Waals surface area contributed by atoms with Gasteiger partial charge in [0.2, 0.25) is 0 Å². The lowest BCUT2D eigenvalue weighted by Gasteiger charge is -2.03. The third-order valence-electron chi connectivity index (χ3n) is 1.20. The second kappa shape index (κ2) is 3.10. The van der Waals surface area contributed by atoms with Crippen molar-refractivity contribution in [3.05, 3.63) is 11.1 Å². The number of allylic oxidation sites excluding steroid dienone is 1. The maximum Gasteiger partial charge on any atom is 0.102 e. The van der Waals surface area contributed by atoms with Crippen LogP contribution in [0.4, 0.5) is 0 Å². The third-order valence-corrected chi connectivity index (χ3v) is 1.53. The minimum Gasteiger partial charge on any atom is -0.312 e. The number of nitrogens with two attached hydrogens (primary N) is 1. The SMILES string of the molecule is CC(C)=C(C)C(N)Cl. The minimum atomic E-state index is -0.306. The fourth-order valence-corrected chi connectivity index (χ4v) is 0.494. The van der Waals surface area contributed by atoms with Crippen LogP contribution in [0.2, 0.25) is 0 Å². The predicted octanol–water partition coefficient (Wildman–Crippen LogP) is 1.87. The topological polar surface area (TPSA) is 26.0 Å². The summed E-state index contributed by atoms with van der Waals surface area (Å²) in [6.45, 7) is 5.93. The Labute approximate surface area is 55.5 Å². The highest BCUT2D eigenvalue weighted by molar-refractivity contribution is 6.21. The minimum absolute atomic E-state index is 0.306. The van der Waals surface area contributed by atoms with Crippen LogP contribution in [0.25, 0.3) is 0 Å².